The SMILES string of the molecule is NC(=O)C1CCN(c2ccc(C(F)(F)F)cc2)C1=O. The van der Waals surface area contributed by atoms with Crippen LogP contribution in [0.5, 0.6) is 0 Å². The molecule has 0 radical (unpaired) electrons. The van der Waals surface area contributed by atoms with Crippen molar-refractivity contribution in [1.82, 2.24) is 0 Å². The first-order chi connectivity index (χ1) is 8.80. The number of primary amides is 1. The van der Waals surface area contributed by atoms with Crippen LogP contribution in [-0.4, -0.2) is 18.4 Å². The second kappa shape index (κ2) is 4.56. The van der Waals surface area contributed by atoms with Crippen molar-refractivity contribution >= 4 is 17.5 Å². The fourth-order valence-corrected chi connectivity index (χ4v) is 2.03. The van der Waals surface area contributed by atoms with Gasteiger partial charge in [-0.25, -0.2) is 0 Å². The van der Waals surface area contributed by atoms with Gasteiger partial charge >= 0.3 is 6.18 Å². The molecular weight excluding hydrogens is 261 g/mol. The van der Waals surface area contributed by atoms with Crippen molar-refractivity contribution in [1.29, 1.82) is 0 Å². The Morgan fingerprint density at radius 1 is 1.26 bits per heavy atom. The summed E-state index contributed by atoms with van der Waals surface area (Å²) in [5, 5.41) is 0. The van der Waals surface area contributed by atoms with Gasteiger partial charge in [-0.05, 0) is 30.7 Å². The van der Waals surface area contributed by atoms with Gasteiger partial charge < -0.3 is 10.6 Å². The lowest BCUT2D eigenvalue weighted by Crippen LogP contribution is -2.33. The average molecular weight is 272 g/mol. The second-order valence-electron chi connectivity index (χ2n) is 4.28. The summed E-state index contributed by atoms with van der Waals surface area (Å²) in [4.78, 5) is 24.1. The number of hydrogen-bond acceptors (Lipinski definition) is 2. The van der Waals surface area contributed by atoms with Crippen LogP contribution in [0.3, 0.4) is 0 Å². The van der Waals surface area contributed by atoms with Crippen molar-refractivity contribution in [3.63, 3.8) is 0 Å². The van der Waals surface area contributed by atoms with E-state index in [1.165, 1.54) is 17.0 Å². The number of nitrogens with zero attached hydrogens (tertiary/aromatic N) is 1. The number of halogens is 3. The summed E-state index contributed by atoms with van der Waals surface area (Å²) in [6.07, 6.45) is -4.13. The van der Waals surface area contributed by atoms with E-state index in [0.29, 0.717) is 5.69 Å². The van der Waals surface area contributed by atoms with E-state index in [1.807, 2.05) is 0 Å². The van der Waals surface area contributed by atoms with Crippen LogP contribution in [0.25, 0.3) is 0 Å². The molecule has 102 valence electrons. The Kier molecular flexibility index (Phi) is 3.21. The zero-order valence-electron chi connectivity index (χ0n) is 9.78. The Balaban J connectivity index is 2.20. The number of amides is 2. The van der Waals surface area contributed by atoms with Crippen molar-refractivity contribution in [2.75, 3.05) is 11.4 Å². The van der Waals surface area contributed by atoms with Crippen LogP contribution < -0.4 is 10.6 Å². The Bertz CT molecular complexity index is 511. The molecule has 1 saturated heterocycles. The maximum absolute atomic E-state index is 12.4. The van der Waals surface area contributed by atoms with E-state index >= 15 is 0 Å². The molecule has 0 bridgehead atoms. The summed E-state index contributed by atoms with van der Waals surface area (Å²) in [7, 11) is 0. The molecule has 1 aromatic carbocycles. The van der Waals surface area contributed by atoms with Gasteiger partial charge in [-0.3, -0.25) is 9.59 Å². The molecule has 4 nitrogen and oxygen atoms in total. The molecule has 1 atom stereocenters. The predicted molar refractivity (Wildman–Crippen MR) is 61.1 cm³/mol. The molecule has 2 rings (SSSR count). The largest absolute Gasteiger partial charge is 0.416 e. The number of benzene rings is 1. The lowest BCUT2D eigenvalue weighted by Gasteiger charge is -2.17. The normalized spacial score (nSPS) is 19.8. The smallest absolute Gasteiger partial charge is 0.369 e. The van der Waals surface area contributed by atoms with Crippen molar-refractivity contribution < 1.29 is 22.8 Å². The Morgan fingerprint density at radius 2 is 1.84 bits per heavy atom. The highest BCUT2D eigenvalue weighted by atomic mass is 19.4. The van der Waals surface area contributed by atoms with Crippen LogP contribution in [0, 0.1) is 5.92 Å². The number of anilines is 1. The van der Waals surface area contributed by atoms with Gasteiger partial charge in [-0.15, -0.1) is 0 Å². The van der Waals surface area contributed by atoms with Crippen molar-refractivity contribution in [2.24, 2.45) is 11.7 Å². The van der Waals surface area contributed by atoms with Crippen LogP contribution in [0.4, 0.5) is 18.9 Å². The third-order valence-corrected chi connectivity index (χ3v) is 3.06. The van der Waals surface area contributed by atoms with Gasteiger partial charge in [-0.1, -0.05) is 0 Å². The molecule has 1 aliphatic heterocycles. The van der Waals surface area contributed by atoms with Crippen LogP contribution in [0.15, 0.2) is 24.3 Å². The number of carbonyl (C=O) groups is 2. The first kappa shape index (κ1) is 13.4. The van der Waals surface area contributed by atoms with Crippen molar-refractivity contribution in [2.45, 2.75) is 12.6 Å². The number of carbonyl (C=O) groups excluding carboxylic acids is 2. The molecule has 1 unspecified atom stereocenters. The highest BCUT2D eigenvalue weighted by molar-refractivity contribution is 6.09. The molecule has 0 spiro atoms. The Labute approximate surface area is 107 Å². The monoisotopic (exact) mass is 272 g/mol. The molecule has 2 N–H and O–H groups in total. The highest BCUT2D eigenvalue weighted by Crippen LogP contribution is 2.32. The van der Waals surface area contributed by atoms with Crippen LogP contribution >= 0.6 is 0 Å². The first-order valence-electron chi connectivity index (χ1n) is 5.58. The second-order valence-corrected chi connectivity index (χ2v) is 4.28. The minimum Gasteiger partial charge on any atom is -0.369 e. The summed E-state index contributed by atoms with van der Waals surface area (Å²) >= 11 is 0. The van der Waals surface area contributed by atoms with E-state index in [4.69, 9.17) is 5.73 Å². The third kappa shape index (κ3) is 2.54. The zero-order chi connectivity index (χ0) is 14.2. The molecule has 0 saturated carbocycles. The van der Waals surface area contributed by atoms with Crippen molar-refractivity contribution in [3.05, 3.63) is 29.8 Å². The van der Waals surface area contributed by atoms with E-state index in [0.717, 1.165) is 12.1 Å². The van der Waals surface area contributed by atoms with Gasteiger partial charge in [0.1, 0.15) is 5.92 Å². The van der Waals surface area contributed by atoms with E-state index in [9.17, 15) is 22.8 Å². The Morgan fingerprint density at radius 3 is 2.26 bits per heavy atom. The van der Waals surface area contributed by atoms with Crippen LogP contribution in [-0.2, 0) is 15.8 Å². The third-order valence-electron chi connectivity index (χ3n) is 3.06. The number of rotatable bonds is 2. The zero-order valence-corrected chi connectivity index (χ0v) is 9.78. The summed E-state index contributed by atoms with van der Waals surface area (Å²) in [5.41, 5.74) is 4.63. The molecule has 19 heavy (non-hydrogen) atoms. The predicted octanol–water partition coefficient (Wildman–Crippen LogP) is 1.54. The number of hydrogen-bond donors (Lipinski definition) is 1. The van der Waals surface area contributed by atoms with Gasteiger partial charge in [-0.2, -0.15) is 13.2 Å². The summed E-state index contributed by atoms with van der Waals surface area (Å²) < 4.78 is 37.2. The van der Waals surface area contributed by atoms with Crippen molar-refractivity contribution in [3.8, 4) is 0 Å². The molecule has 1 aromatic rings. The molecular formula is C12H11F3N2O2. The molecule has 0 aliphatic carbocycles. The number of alkyl halides is 3. The lowest BCUT2D eigenvalue weighted by atomic mass is 10.1. The van der Waals surface area contributed by atoms with Crippen LogP contribution in [0.1, 0.15) is 12.0 Å². The molecule has 1 heterocycles. The molecule has 7 heteroatoms. The highest BCUT2D eigenvalue weighted by Gasteiger charge is 2.37. The minimum absolute atomic E-state index is 0.276. The number of nitrogens with two attached hydrogens (primary N) is 1. The lowest BCUT2D eigenvalue weighted by molar-refractivity contribution is -0.137. The van der Waals surface area contributed by atoms with Gasteiger partial charge in [0.25, 0.3) is 0 Å². The van der Waals surface area contributed by atoms with E-state index in [2.05, 4.69) is 0 Å². The van der Waals surface area contributed by atoms with Gasteiger partial charge in [0.2, 0.25) is 11.8 Å². The topological polar surface area (TPSA) is 63.4 Å². The molecule has 1 aliphatic rings. The quantitative estimate of drug-likeness (QED) is 0.830. The molecule has 0 aromatic heterocycles. The first-order valence-corrected chi connectivity index (χ1v) is 5.58. The average Bonchev–Trinajstić information content (AvgIpc) is 2.70. The summed E-state index contributed by atoms with van der Waals surface area (Å²) in [6, 6.07) is 4.23. The molecule has 2 amide bonds. The fourth-order valence-electron chi connectivity index (χ4n) is 2.03. The van der Waals surface area contributed by atoms with E-state index in [1.54, 1.807) is 0 Å². The maximum atomic E-state index is 12.4. The van der Waals surface area contributed by atoms with Crippen LogP contribution in [0.2, 0.25) is 0 Å². The van der Waals surface area contributed by atoms with Gasteiger partial charge in [0.05, 0.1) is 5.56 Å². The maximum Gasteiger partial charge on any atom is 0.416 e. The Hall–Kier alpha value is -2.05. The minimum atomic E-state index is -4.41. The summed E-state index contributed by atoms with van der Waals surface area (Å²) in [6.45, 7) is 0.276. The van der Waals surface area contributed by atoms with Gasteiger partial charge in [0.15, 0.2) is 0 Å². The van der Waals surface area contributed by atoms with Gasteiger partial charge in [0, 0.05) is 12.2 Å². The summed E-state index contributed by atoms with van der Waals surface area (Å²) in [5.74, 6) is -2.06. The molecule has 1 fully saturated rings. The standard InChI is InChI=1S/C12H11F3N2O2/c13-12(14,15)7-1-3-8(4-2-7)17-6-5-9(10(16)18)11(17)19/h1-4,9H,5-6H2,(H2,16,18). The van der Waals surface area contributed by atoms with E-state index < -0.39 is 29.5 Å². The van der Waals surface area contributed by atoms with E-state index in [-0.39, 0.29) is 13.0 Å². The fraction of sp³-hybridized carbons (Fsp3) is 0.333.